The maximum atomic E-state index is 12.2. The summed E-state index contributed by atoms with van der Waals surface area (Å²) in [4.78, 5) is 12.2. The molecule has 4 nitrogen and oxygen atoms in total. The van der Waals surface area contributed by atoms with Gasteiger partial charge in [0.2, 0.25) is 0 Å². The molecular formula is C14H16BrN3OS. The standard InChI is InChI=1S/C14H16BrN3OS/c1-9-7-20-8-11(9)4-16-12-5-17-18(6-10-2-3-10)14(19)13(12)15/h5,7-8,10,16H,2-4,6H2,1H3. The first kappa shape index (κ1) is 13.8. The summed E-state index contributed by atoms with van der Waals surface area (Å²) < 4.78 is 2.13. The van der Waals surface area contributed by atoms with Gasteiger partial charge in [-0.1, -0.05) is 0 Å². The van der Waals surface area contributed by atoms with Crippen LogP contribution in [0, 0.1) is 12.8 Å². The molecule has 20 heavy (non-hydrogen) atoms. The van der Waals surface area contributed by atoms with Gasteiger partial charge in [-0.05, 0) is 63.5 Å². The van der Waals surface area contributed by atoms with E-state index in [9.17, 15) is 4.79 Å². The summed E-state index contributed by atoms with van der Waals surface area (Å²) in [5, 5.41) is 11.8. The molecule has 0 saturated heterocycles. The van der Waals surface area contributed by atoms with Crippen molar-refractivity contribution < 1.29 is 0 Å². The van der Waals surface area contributed by atoms with Gasteiger partial charge in [-0.25, -0.2) is 4.68 Å². The molecule has 2 aromatic rings. The molecule has 1 N–H and O–H groups in total. The van der Waals surface area contributed by atoms with Gasteiger partial charge in [0, 0.05) is 13.1 Å². The lowest BCUT2D eigenvalue weighted by molar-refractivity contribution is 0.532. The third-order valence-corrected chi connectivity index (χ3v) is 5.22. The van der Waals surface area contributed by atoms with Crippen LogP contribution in [0.15, 0.2) is 26.2 Å². The highest BCUT2D eigenvalue weighted by Crippen LogP contribution is 2.30. The Labute approximate surface area is 130 Å². The van der Waals surface area contributed by atoms with E-state index >= 15 is 0 Å². The first-order valence-electron chi connectivity index (χ1n) is 6.66. The Balaban J connectivity index is 1.75. The minimum atomic E-state index is -0.0519. The van der Waals surface area contributed by atoms with E-state index in [1.54, 1.807) is 22.2 Å². The number of thiophene rings is 1. The van der Waals surface area contributed by atoms with Crippen molar-refractivity contribution in [3.8, 4) is 0 Å². The van der Waals surface area contributed by atoms with Crippen molar-refractivity contribution in [3.05, 3.63) is 42.9 Å². The molecule has 0 unspecified atom stereocenters. The van der Waals surface area contributed by atoms with Gasteiger partial charge < -0.3 is 5.32 Å². The summed E-state index contributed by atoms with van der Waals surface area (Å²) >= 11 is 5.08. The number of nitrogens with one attached hydrogen (secondary N) is 1. The Morgan fingerprint density at radius 3 is 2.95 bits per heavy atom. The summed E-state index contributed by atoms with van der Waals surface area (Å²) in [5.74, 6) is 0.638. The molecule has 0 bridgehead atoms. The molecule has 6 heteroatoms. The first-order valence-corrected chi connectivity index (χ1v) is 8.40. The van der Waals surface area contributed by atoms with E-state index in [-0.39, 0.29) is 5.56 Å². The van der Waals surface area contributed by atoms with Gasteiger partial charge in [-0.15, -0.1) is 0 Å². The van der Waals surface area contributed by atoms with E-state index in [0.29, 0.717) is 16.9 Å². The zero-order valence-corrected chi connectivity index (χ0v) is 13.6. The highest BCUT2D eigenvalue weighted by molar-refractivity contribution is 9.10. The lowest BCUT2D eigenvalue weighted by Crippen LogP contribution is -2.25. The second-order valence-electron chi connectivity index (χ2n) is 5.24. The van der Waals surface area contributed by atoms with Crippen LogP contribution in [0.25, 0.3) is 0 Å². The predicted octanol–water partition coefficient (Wildman–Crippen LogP) is 3.40. The Kier molecular flexibility index (Phi) is 3.94. The van der Waals surface area contributed by atoms with E-state index in [0.717, 1.165) is 12.2 Å². The molecular weight excluding hydrogens is 338 g/mol. The van der Waals surface area contributed by atoms with Gasteiger partial charge in [0.1, 0.15) is 4.47 Å². The van der Waals surface area contributed by atoms with Crippen molar-refractivity contribution in [2.24, 2.45) is 5.92 Å². The van der Waals surface area contributed by atoms with Gasteiger partial charge in [0.05, 0.1) is 11.9 Å². The minimum Gasteiger partial charge on any atom is -0.379 e. The second kappa shape index (κ2) is 5.69. The van der Waals surface area contributed by atoms with Gasteiger partial charge in [0.25, 0.3) is 5.56 Å². The van der Waals surface area contributed by atoms with Crippen LogP contribution >= 0.6 is 27.3 Å². The monoisotopic (exact) mass is 353 g/mol. The van der Waals surface area contributed by atoms with Gasteiger partial charge >= 0.3 is 0 Å². The lowest BCUT2D eigenvalue weighted by atomic mass is 10.2. The number of nitrogens with zero attached hydrogens (tertiary/aromatic N) is 2. The Bertz CT molecular complexity index is 675. The first-order chi connectivity index (χ1) is 9.65. The summed E-state index contributed by atoms with van der Waals surface area (Å²) in [5.41, 5.74) is 3.23. The number of hydrogen-bond donors (Lipinski definition) is 1. The maximum absolute atomic E-state index is 12.2. The number of aromatic nitrogens is 2. The second-order valence-corrected chi connectivity index (χ2v) is 6.77. The van der Waals surface area contributed by atoms with Crippen molar-refractivity contribution in [2.75, 3.05) is 5.32 Å². The fraction of sp³-hybridized carbons (Fsp3) is 0.429. The normalized spacial score (nSPS) is 14.5. The SMILES string of the molecule is Cc1cscc1CNc1cnn(CC2CC2)c(=O)c1Br. The fourth-order valence-corrected chi connectivity index (χ4v) is 3.33. The maximum Gasteiger partial charge on any atom is 0.283 e. The fourth-order valence-electron chi connectivity index (χ4n) is 2.02. The van der Waals surface area contributed by atoms with Crippen LogP contribution in [-0.4, -0.2) is 9.78 Å². The zero-order valence-electron chi connectivity index (χ0n) is 11.2. The molecule has 0 amide bonds. The zero-order chi connectivity index (χ0) is 14.1. The smallest absolute Gasteiger partial charge is 0.283 e. The molecule has 1 saturated carbocycles. The van der Waals surface area contributed by atoms with Crippen LogP contribution in [0.3, 0.4) is 0 Å². The molecule has 1 fully saturated rings. The van der Waals surface area contributed by atoms with Crippen LogP contribution in [0.2, 0.25) is 0 Å². The third kappa shape index (κ3) is 2.96. The van der Waals surface area contributed by atoms with Crippen LogP contribution in [-0.2, 0) is 13.1 Å². The van der Waals surface area contributed by atoms with E-state index in [4.69, 9.17) is 0 Å². The summed E-state index contributed by atoms with van der Waals surface area (Å²) in [7, 11) is 0. The van der Waals surface area contributed by atoms with Crippen molar-refractivity contribution in [1.82, 2.24) is 9.78 Å². The Hall–Kier alpha value is -1.14. The number of rotatable bonds is 5. The van der Waals surface area contributed by atoms with Crippen LogP contribution in [0.5, 0.6) is 0 Å². The lowest BCUT2D eigenvalue weighted by Gasteiger charge is -2.10. The number of aryl methyl sites for hydroxylation is 1. The quantitative estimate of drug-likeness (QED) is 0.895. The molecule has 0 aliphatic heterocycles. The molecule has 2 aromatic heterocycles. The van der Waals surface area contributed by atoms with Crippen molar-refractivity contribution in [3.63, 3.8) is 0 Å². The van der Waals surface area contributed by atoms with Gasteiger partial charge in [-0.3, -0.25) is 4.79 Å². The molecule has 0 radical (unpaired) electrons. The van der Waals surface area contributed by atoms with Crippen LogP contribution in [0.1, 0.15) is 24.0 Å². The predicted molar refractivity (Wildman–Crippen MR) is 85.3 cm³/mol. The summed E-state index contributed by atoms with van der Waals surface area (Å²) in [6, 6.07) is 0. The highest BCUT2D eigenvalue weighted by atomic mass is 79.9. The van der Waals surface area contributed by atoms with E-state index in [2.05, 4.69) is 44.0 Å². The molecule has 3 rings (SSSR count). The largest absolute Gasteiger partial charge is 0.379 e. The molecule has 0 atom stereocenters. The Morgan fingerprint density at radius 1 is 1.50 bits per heavy atom. The minimum absolute atomic E-state index is 0.0519. The number of halogens is 1. The summed E-state index contributed by atoms with van der Waals surface area (Å²) in [6.45, 7) is 3.54. The van der Waals surface area contributed by atoms with Crippen LogP contribution < -0.4 is 10.9 Å². The van der Waals surface area contributed by atoms with Crippen molar-refractivity contribution in [2.45, 2.75) is 32.9 Å². The molecule has 0 aromatic carbocycles. The Morgan fingerprint density at radius 2 is 2.30 bits per heavy atom. The number of hydrogen-bond acceptors (Lipinski definition) is 4. The van der Waals surface area contributed by atoms with Gasteiger partial charge in [-0.2, -0.15) is 16.4 Å². The van der Waals surface area contributed by atoms with E-state index < -0.39 is 0 Å². The van der Waals surface area contributed by atoms with Crippen LogP contribution in [0.4, 0.5) is 5.69 Å². The molecule has 106 valence electrons. The van der Waals surface area contributed by atoms with Gasteiger partial charge in [0.15, 0.2) is 0 Å². The average Bonchev–Trinajstić information content (AvgIpc) is 3.16. The average molecular weight is 354 g/mol. The highest BCUT2D eigenvalue weighted by Gasteiger charge is 2.23. The number of anilines is 1. The van der Waals surface area contributed by atoms with Crippen molar-refractivity contribution >= 4 is 33.0 Å². The molecule has 0 spiro atoms. The molecule has 1 aliphatic rings. The third-order valence-electron chi connectivity index (χ3n) is 3.54. The summed E-state index contributed by atoms with van der Waals surface area (Å²) in [6.07, 6.45) is 4.15. The molecule has 1 aliphatic carbocycles. The van der Waals surface area contributed by atoms with E-state index in [1.165, 1.54) is 24.0 Å². The topological polar surface area (TPSA) is 46.9 Å². The van der Waals surface area contributed by atoms with Crippen molar-refractivity contribution in [1.29, 1.82) is 0 Å². The molecule has 2 heterocycles. The van der Waals surface area contributed by atoms with E-state index in [1.807, 2.05) is 0 Å².